The molecule has 11 nitrogen and oxygen atoms in total. The van der Waals surface area contributed by atoms with Crippen LogP contribution in [0.2, 0.25) is 0 Å². The molecule has 4 rings (SSSR count). The van der Waals surface area contributed by atoms with Gasteiger partial charge in [0.1, 0.15) is 11.4 Å². The Balaban J connectivity index is 1.46. The van der Waals surface area contributed by atoms with Gasteiger partial charge in [-0.1, -0.05) is 0 Å². The Morgan fingerprint density at radius 1 is 1.25 bits per heavy atom. The van der Waals surface area contributed by atoms with Gasteiger partial charge in [-0.25, -0.2) is 10.3 Å². The van der Waals surface area contributed by atoms with Crippen LogP contribution < -0.4 is 26.0 Å². The fraction of sp³-hybridized carbons (Fsp3) is 0.250. The van der Waals surface area contributed by atoms with Crippen molar-refractivity contribution >= 4 is 40.0 Å². The van der Waals surface area contributed by atoms with E-state index in [2.05, 4.69) is 15.6 Å². The molecule has 0 aliphatic carbocycles. The number of nitrogen functional groups attached to an aromatic ring is 1. The van der Waals surface area contributed by atoms with Crippen LogP contribution in [0.25, 0.3) is 0 Å². The molecule has 2 aromatic carbocycles. The summed E-state index contributed by atoms with van der Waals surface area (Å²) in [6.07, 6.45) is 2.07. The summed E-state index contributed by atoms with van der Waals surface area (Å²) in [7, 11) is 5.39. The zero-order valence-electron chi connectivity index (χ0n) is 20.1. The van der Waals surface area contributed by atoms with Crippen molar-refractivity contribution in [2.75, 3.05) is 49.0 Å². The van der Waals surface area contributed by atoms with Crippen molar-refractivity contribution in [1.82, 2.24) is 9.88 Å². The molecule has 0 radical (unpaired) electrons. The first-order valence-electron chi connectivity index (χ1n) is 11.1. The first-order valence-corrected chi connectivity index (χ1v) is 11.9. The van der Waals surface area contributed by atoms with E-state index in [4.69, 9.17) is 10.5 Å². The minimum Gasteiger partial charge on any atom is -0.497 e. The molecule has 0 unspecified atom stereocenters. The molecule has 0 saturated carbocycles. The van der Waals surface area contributed by atoms with Crippen LogP contribution in [-0.4, -0.2) is 48.5 Å². The number of aromatic nitrogens is 1. The van der Waals surface area contributed by atoms with Crippen LogP contribution in [0.15, 0.2) is 54.5 Å². The third-order valence-electron chi connectivity index (χ3n) is 5.62. The number of nitrogens with two attached hydrogens (primary N) is 1. The second kappa shape index (κ2) is 10.5. The monoisotopic (exact) mass is 509 g/mol. The summed E-state index contributed by atoms with van der Waals surface area (Å²) in [5, 5.41) is 17.7. The van der Waals surface area contributed by atoms with E-state index in [1.54, 1.807) is 30.3 Å². The second-order valence-electron chi connectivity index (χ2n) is 8.35. The largest absolute Gasteiger partial charge is 0.497 e. The molecule has 2 heterocycles. The highest BCUT2D eigenvalue weighted by Gasteiger charge is 2.24. The van der Waals surface area contributed by atoms with E-state index in [1.165, 1.54) is 24.6 Å². The van der Waals surface area contributed by atoms with Crippen LogP contribution in [0.4, 0.5) is 22.7 Å². The first kappa shape index (κ1) is 24.8. The van der Waals surface area contributed by atoms with Gasteiger partial charge < -0.3 is 35.7 Å². The summed E-state index contributed by atoms with van der Waals surface area (Å²) in [5.74, 6) is 0.0708. The lowest BCUT2D eigenvalue weighted by molar-refractivity contribution is -0.423. The highest BCUT2D eigenvalue weighted by Crippen LogP contribution is 2.29. The van der Waals surface area contributed by atoms with Crippen LogP contribution in [0.3, 0.4) is 0 Å². The predicted molar refractivity (Wildman–Crippen MR) is 141 cm³/mol. The van der Waals surface area contributed by atoms with Crippen LogP contribution in [0, 0.1) is 10.1 Å². The van der Waals surface area contributed by atoms with Gasteiger partial charge >= 0.3 is 5.82 Å². The number of rotatable bonds is 8. The number of thiazole rings is 1. The lowest BCUT2D eigenvalue weighted by Gasteiger charge is -2.24. The van der Waals surface area contributed by atoms with Gasteiger partial charge in [-0.2, -0.15) is 0 Å². The molecular weight excluding hydrogens is 482 g/mol. The van der Waals surface area contributed by atoms with Crippen molar-refractivity contribution in [3.8, 4) is 5.75 Å². The van der Waals surface area contributed by atoms with Crippen LogP contribution in [0.1, 0.15) is 20.4 Å². The minimum absolute atomic E-state index is 0.132. The number of hydrogen-bond donors (Lipinski definition) is 3. The number of methoxy groups -OCH3 is 1. The second-order valence-corrected chi connectivity index (χ2v) is 9.44. The van der Waals surface area contributed by atoms with Crippen LogP contribution >= 0.6 is 11.3 Å². The van der Waals surface area contributed by atoms with Crippen molar-refractivity contribution in [3.05, 3.63) is 80.2 Å². The fourth-order valence-electron chi connectivity index (χ4n) is 3.66. The highest BCUT2D eigenvalue weighted by molar-refractivity contribution is 7.13. The third kappa shape index (κ3) is 5.66. The topological polar surface area (TPSA) is 139 Å². The van der Waals surface area contributed by atoms with Gasteiger partial charge in [0.15, 0.2) is 5.01 Å². The minimum atomic E-state index is -0.445. The first-order chi connectivity index (χ1) is 17.2. The maximum absolute atomic E-state index is 12.8. The Labute approximate surface area is 212 Å². The third-order valence-corrected chi connectivity index (χ3v) is 6.70. The van der Waals surface area contributed by atoms with Crippen molar-refractivity contribution in [2.24, 2.45) is 0 Å². The SMILES string of the molecule is COc1ccc(N)c(NC(=O)c2nc3c(s2)CN(C=C(Nc2ccc(N(C)C)cc2)[N+](=O)[O-])CC3)c1. The molecule has 0 atom stereocenters. The number of nitrogens with one attached hydrogen (secondary N) is 2. The van der Waals surface area contributed by atoms with Crippen LogP contribution in [-0.2, 0) is 13.0 Å². The van der Waals surface area contributed by atoms with Crippen molar-refractivity contribution in [3.63, 3.8) is 0 Å². The van der Waals surface area contributed by atoms with Gasteiger partial charge in [-0.15, -0.1) is 11.3 Å². The Bertz CT molecular complexity index is 1300. The van der Waals surface area contributed by atoms with Gasteiger partial charge in [0.25, 0.3) is 5.91 Å². The molecule has 3 aromatic rings. The van der Waals surface area contributed by atoms with Gasteiger partial charge in [0, 0.05) is 43.7 Å². The van der Waals surface area contributed by atoms with E-state index in [9.17, 15) is 14.9 Å². The summed E-state index contributed by atoms with van der Waals surface area (Å²) >= 11 is 1.26. The number of nitrogens with zero attached hydrogens (tertiary/aromatic N) is 4. The average Bonchev–Trinajstić information content (AvgIpc) is 3.29. The summed E-state index contributed by atoms with van der Waals surface area (Å²) in [4.78, 5) is 33.2. The van der Waals surface area contributed by atoms with E-state index in [-0.39, 0.29) is 11.7 Å². The van der Waals surface area contributed by atoms with Gasteiger partial charge in [-0.05, 0) is 41.3 Å². The van der Waals surface area contributed by atoms with Crippen molar-refractivity contribution < 1.29 is 14.5 Å². The fourth-order valence-corrected chi connectivity index (χ4v) is 4.69. The molecule has 1 aliphatic rings. The lowest BCUT2D eigenvalue weighted by Crippen LogP contribution is -2.27. The molecule has 12 heteroatoms. The molecule has 0 saturated heterocycles. The number of anilines is 4. The normalized spacial score (nSPS) is 13.1. The number of fused-ring (bicyclic) bond motifs is 1. The Morgan fingerprint density at radius 3 is 2.67 bits per heavy atom. The predicted octanol–water partition coefficient (Wildman–Crippen LogP) is 3.60. The Hall–Kier alpha value is -4.32. The molecular formula is C24H27N7O4S. The maximum Gasteiger partial charge on any atom is 0.337 e. The number of amides is 1. The number of ether oxygens (including phenoxy) is 1. The Kier molecular flexibility index (Phi) is 7.25. The molecule has 1 amide bonds. The van der Waals surface area contributed by atoms with Crippen molar-refractivity contribution in [2.45, 2.75) is 13.0 Å². The molecule has 36 heavy (non-hydrogen) atoms. The molecule has 0 spiro atoms. The number of nitro groups is 1. The standard InChI is InChI=1S/C24H27N7O4S/c1-29(2)16-6-4-15(5-7-16)26-22(31(33)34)14-30-11-10-19-21(13-30)36-24(28-19)23(32)27-20-12-17(35-3)8-9-18(20)25/h4-9,12,14,26H,10-11,13,25H2,1-3H3,(H,27,32). The number of hydrogen-bond acceptors (Lipinski definition) is 10. The number of benzene rings is 2. The van der Waals surface area contributed by atoms with E-state index < -0.39 is 4.92 Å². The average molecular weight is 510 g/mol. The summed E-state index contributed by atoms with van der Waals surface area (Å²) in [5.41, 5.74) is 9.26. The van der Waals surface area contributed by atoms with Crippen LogP contribution in [0.5, 0.6) is 5.75 Å². The van der Waals surface area contributed by atoms with E-state index in [0.29, 0.717) is 47.3 Å². The summed E-state index contributed by atoms with van der Waals surface area (Å²) < 4.78 is 5.19. The zero-order valence-corrected chi connectivity index (χ0v) is 21.0. The van der Waals surface area contributed by atoms with E-state index in [1.807, 2.05) is 36.0 Å². The number of carbonyl (C=O) groups is 1. The maximum atomic E-state index is 12.8. The molecule has 4 N–H and O–H groups in total. The summed E-state index contributed by atoms with van der Waals surface area (Å²) in [6, 6.07) is 12.4. The molecule has 0 fully saturated rings. The number of carbonyl (C=O) groups excluding carboxylic acids is 1. The molecule has 188 valence electrons. The quantitative estimate of drug-likeness (QED) is 0.236. The molecule has 1 aliphatic heterocycles. The lowest BCUT2D eigenvalue weighted by atomic mass is 10.2. The smallest absolute Gasteiger partial charge is 0.337 e. The summed E-state index contributed by atoms with van der Waals surface area (Å²) in [6.45, 7) is 0.958. The van der Waals surface area contributed by atoms with Gasteiger partial charge in [-0.3, -0.25) is 4.79 Å². The molecule has 1 aromatic heterocycles. The van der Waals surface area contributed by atoms with Crippen molar-refractivity contribution in [1.29, 1.82) is 0 Å². The van der Waals surface area contributed by atoms with Gasteiger partial charge in [0.2, 0.25) is 0 Å². The van der Waals surface area contributed by atoms with E-state index >= 15 is 0 Å². The Morgan fingerprint density at radius 2 is 2.00 bits per heavy atom. The van der Waals surface area contributed by atoms with E-state index in [0.717, 1.165) is 16.3 Å². The van der Waals surface area contributed by atoms with Gasteiger partial charge in [0.05, 0.1) is 36.9 Å². The zero-order chi connectivity index (χ0) is 25.8. The molecule has 0 bridgehead atoms. The highest BCUT2D eigenvalue weighted by atomic mass is 32.1.